The molecule has 0 fully saturated rings. The van der Waals surface area contributed by atoms with Gasteiger partial charge in [-0.2, -0.15) is 0 Å². The predicted molar refractivity (Wildman–Crippen MR) is 86.8 cm³/mol. The number of rotatable bonds is 5. The standard InChI is InChI=1S/C15H16Cl2N2S/c1-2-11(18)8-12-13(17)4-3-5-14(12)20-15-7-6-10(16)9-19-15/h3-7,9,11H,2,8,18H2,1H3. The molecule has 0 aliphatic rings. The van der Waals surface area contributed by atoms with Gasteiger partial charge in [-0.1, -0.05) is 48.0 Å². The number of aromatic nitrogens is 1. The van der Waals surface area contributed by atoms with Gasteiger partial charge in [-0.25, -0.2) is 4.98 Å². The smallest absolute Gasteiger partial charge is 0.101 e. The largest absolute Gasteiger partial charge is 0.327 e. The normalized spacial score (nSPS) is 12.4. The number of nitrogens with zero attached hydrogens (tertiary/aromatic N) is 1. The Labute approximate surface area is 133 Å². The first-order valence-electron chi connectivity index (χ1n) is 6.42. The molecule has 0 spiro atoms. The van der Waals surface area contributed by atoms with Gasteiger partial charge in [0.15, 0.2) is 0 Å². The highest BCUT2D eigenvalue weighted by Gasteiger charge is 2.12. The van der Waals surface area contributed by atoms with Crippen LogP contribution in [0.2, 0.25) is 10.0 Å². The van der Waals surface area contributed by atoms with Crippen LogP contribution in [0.4, 0.5) is 0 Å². The van der Waals surface area contributed by atoms with E-state index in [1.54, 1.807) is 18.0 Å². The summed E-state index contributed by atoms with van der Waals surface area (Å²) in [6.45, 7) is 2.08. The van der Waals surface area contributed by atoms with E-state index in [0.29, 0.717) is 5.02 Å². The molecule has 2 rings (SSSR count). The number of pyridine rings is 1. The van der Waals surface area contributed by atoms with Crippen molar-refractivity contribution in [3.05, 3.63) is 52.1 Å². The fourth-order valence-corrected chi connectivity index (χ4v) is 3.12. The van der Waals surface area contributed by atoms with Crippen LogP contribution in [0.5, 0.6) is 0 Å². The molecule has 2 N–H and O–H groups in total. The van der Waals surface area contributed by atoms with Crippen molar-refractivity contribution in [1.82, 2.24) is 4.98 Å². The molecule has 1 atom stereocenters. The van der Waals surface area contributed by atoms with Gasteiger partial charge in [0.25, 0.3) is 0 Å². The second kappa shape index (κ2) is 7.32. The Morgan fingerprint density at radius 2 is 2.05 bits per heavy atom. The molecule has 106 valence electrons. The Morgan fingerprint density at radius 3 is 2.70 bits per heavy atom. The van der Waals surface area contributed by atoms with Gasteiger partial charge in [0, 0.05) is 22.2 Å². The summed E-state index contributed by atoms with van der Waals surface area (Å²) in [5.41, 5.74) is 7.14. The molecule has 0 saturated carbocycles. The molecule has 0 saturated heterocycles. The molecule has 5 heteroatoms. The average Bonchev–Trinajstić information content (AvgIpc) is 2.45. The average molecular weight is 327 g/mol. The summed E-state index contributed by atoms with van der Waals surface area (Å²) in [5.74, 6) is 0. The maximum atomic E-state index is 6.31. The number of halogens is 2. The minimum absolute atomic E-state index is 0.118. The molecular formula is C15H16Cl2N2S. The van der Waals surface area contributed by atoms with E-state index in [-0.39, 0.29) is 6.04 Å². The van der Waals surface area contributed by atoms with Gasteiger partial charge < -0.3 is 5.73 Å². The number of benzene rings is 1. The Balaban J connectivity index is 2.26. The van der Waals surface area contributed by atoms with Crippen LogP contribution in [0.1, 0.15) is 18.9 Å². The molecule has 1 unspecified atom stereocenters. The molecule has 1 aromatic carbocycles. The molecule has 2 nitrogen and oxygen atoms in total. The molecular weight excluding hydrogens is 311 g/mol. The molecule has 0 bridgehead atoms. The zero-order chi connectivity index (χ0) is 14.5. The summed E-state index contributed by atoms with van der Waals surface area (Å²) < 4.78 is 0. The van der Waals surface area contributed by atoms with Gasteiger partial charge in [-0.15, -0.1) is 0 Å². The summed E-state index contributed by atoms with van der Waals surface area (Å²) in [5, 5.41) is 2.28. The summed E-state index contributed by atoms with van der Waals surface area (Å²) in [6, 6.07) is 9.74. The highest BCUT2D eigenvalue weighted by Crippen LogP contribution is 2.33. The Hall–Kier alpha value is -0.740. The number of hydrogen-bond acceptors (Lipinski definition) is 3. The second-order valence-corrected chi connectivity index (χ2v) is 6.41. The summed E-state index contributed by atoms with van der Waals surface area (Å²) in [6.07, 6.45) is 3.34. The Kier molecular flexibility index (Phi) is 5.73. The zero-order valence-corrected chi connectivity index (χ0v) is 13.5. The second-order valence-electron chi connectivity index (χ2n) is 4.51. The van der Waals surface area contributed by atoms with Crippen molar-refractivity contribution in [2.75, 3.05) is 0 Å². The fraction of sp³-hybridized carbons (Fsp3) is 0.267. The van der Waals surface area contributed by atoms with E-state index in [1.165, 1.54) is 0 Å². The third-order valence-electron chi connectivity index (χ3n) is 2.98. The first-order valence-corrected chi connectivity index (χ1v) is 7.99. The third-order valence-corrected chi connectivity index (χ3v) is 4.61. The SMILES string of the molecule is CCC(N)Cc1c(Cl)cccc1Sc1ccc(Cl)cn1. The van der Waals surface area contributed by atoms with E-state index >= 15 is 0 Å². The van der Waals surface area contributed by atoms with Crippen molar-refractivity contribution in [2.45, 2.75) is 35.7 Å². The van der Waals surface area contributed by atoms with Crippen molar-refractivity contribution in [2.24, 2.45) is 5.73 Å². The maximum Gasteiger partial charge on any atom is 0.101 e. The van der Waals surface area contributed by atoms with Crippen molar-refractivity contribution in [1.29, 1.82) is 0 Å². The van der Waals surface area contributed by atoms with Crippen LogP contribution in [0, 0.1) is 0 Å². The number of nitrogens with two attached hydrogens (primary N) is 1. The van der Waals surface area contributed by atoms with Gasteiger partial charge in [0.2, 0.25) is 0 Å². The lowest BCUT2D eigenvalue weighted by molar-refractivity contribution is 0.641. The summed E-state index contributed by atoms with van der Waals surface area (Å²) in [4.78, 5) is 5.39. The molecule has 0 aliphatic heterocycles. The van der Waals surface area contributed by atoms with E-state index in [2.05, 4.69) is 11.9 Å². The minimum Gasteiger partial charge on any atom is -0.327 e. The van der Waals surface area contributed by atoms with E-state index in [4.69, 9.17) is 28.9 Å². The van der Waals surface area contributed by atoms with Crippen LogP contribution >= 0.6 is 35.0 Å². The van der Waals surface area contributed by atoms with Gasteiger partial charge in [-0.05, 0) is 42.7 Å². The molecule has 1 aromatic heterocycles. The van der Waals surface area contributed by atoms with Crippen molar-refractivity contribution in [3.63, 3.8) is 0 Å². The van der Waals surface area contributed by atoms with Crippen LogP contribution in [0.3, 0.4) is 0 Å². The third kappa shape index (κ3) is 4.13. The minimum atomic E-state index is 0.118. The van der Waals surface area contributed by atoms with Crippen molar-refractivity contribution in [3.8, 4) is 0 Å². The Morgan fingerprint density at radius 1 is 1.25 bits per heavy atom. The van der Waals surface area contributed by atoms with Crippen LogP contribution < -0.4 is 5.73 Å². The monoisotopic (exact) mass is 326 g/mol. The first kappa shape index (κ1) is 15.6. The van der Waals surface area contributed by atoms with Gasteiger partial charge >= 0.3 is 0 Å². The molecule has 0 aliphatic carbocycles. The number of hydrogen-bond donors (Lipinski definition) is 1. The lowest BCUT2D eigenvalue weighted by atomic mass is 10.0. The van der Waals surface area contributed by atoms with E-state index < -0.39 is 0 Å². The highest BCUT2D eigenvalue weighted by atomic mass is 35.5. The van der Waals surface area contributed by atoms with Gasteiger partial charge in [-0.3, -0.25) is 0 Å². The maximum absolute atomic E-state index is 6.31. The molecule has 20 heavy (non-hydrogen) atoms. The quantitative estimate of drug-likeness (QED) is 0.856. The molecule has 0 amide bonds. The van der Waals surface area contributed by atoms with Crippen LogP contribution in [-0.4, -0.2) is 11.0 Å². The lowest BCUT2D eigenvalue weighted by Crippen LogP contribution is -2.21. The van der Waals surface area contributed by atoms with E-state index in [0.717, 1.165) is 33.3 Å². The van der Waals surface area contributed by atoms with E-state index in [9.17, 15) is 0 Å². The topological polar surface area (TPSA) is 38.9 Å². The molecule has 2 aromatic rings. The highest BCUT2D eigenvalue weighted by molar-refractivity contribution is 7.99. The summed E-state index contributed by atoms with van der Waals surface area (Å²) >= 11 is 13.7. The van der Waals surface area contributed by atoms with E-state index in [1.807, 2.05) is 30.3 Å². The van der Waals surface area contributed by atoms with Gasteiger partial charge in [0.05, 0.1) is 5.02 Å². The van der Waals surface area contributed by atoms with Crippen LogP contribution in [-0.2, 0) is 6.42 Å². The zero-order valence-electron chi connectivity index (χ0n) is 11.1. The van der Waals surface area contributed by atoms with Crippen LogP contribution in [0.25, 0.3) is 0 Å². The van der Waals surface area contributed by atoms with Crippen LogP contribution in [0.15, 0.2) is 46.5 Å². The summed E-state index contributed by atoms with van der Waals surface area (Å²) in [7, 11) is 0. The van der Waals surface area contributed by atoms with Gasteiger partial charge in [0.1, 0.15) is 5.03 Å². The fourth-order valence-electron chi connectivity index (χ4n) is 1.77. The molecule has 1 heterocycles. The van der Waals surface area contributed by atoms with Crippen molar-refractivity contribution < 1.29 is 0 Å². The molecule has 0 radical (unpaired) electrons. The lowest BCUT2D eigenvalue weighted by Gasteiger charge is -2.14. The Bertz CT molecular complexity index is 573. The predicted octanol–water partition coefficient (Wildman–Crippen LogP) is 4.82. The first-order chi connectivity index (χ1) is 9.60. The van der Waals surface area contributed by atoms with Crippen molar-refractivity contribution >= 4 is 35.0 Å².